The zero-order valence-electron chi connectivity index (χ0n) is 65.7. The second-order valence-corrected chi connectivity index (χ2v) is 30.9. The minimum absolute atomic E-state index is 0.0171. The maximum absolute atomic E-state index is 12.6. The highest BCUT2D eigenvalue weighted by molar-refractivity contribution is 5.76. The fourth-order valence-corrected chi connectivity index (χ4v) is 14.5. The third-order valence-electron chi connectivity index (χ3n) is 21.2. The van der Waals surface area contributed by atoms with Gasteiger partial charge in [-0.15, -0.1) is 0 Å². The summed E-state index contributed by atoms with van der Waals surface area (Å²) in [5.74, 6) is -0.0386. The smallest absolute Gasteiger partial charge is 0.305 e. The molecule has 0 fully saturated rings. The summed E-state index contributed by atoms with van der Waals surface area (Å²) in [6.07, 6.45) is 112. The minimum atomic E-state index is -0.842. The molecule has 2 unspecified atom stereocenters. The number of aliphatic hydroxyl groups is 2. The number of rotatable bonds is 85. The Hall–Kier alpha value is -1.66. The zero-order valence-corrected chi connectivity index (χ0v) is 65.7. The molecule has 0 saturated carbocycles. The van der Waals surface area contributed by atoms with Crippen LogP contribution < -0.4 is 5.32 Å². The van der Waals surface area contributed by atoms with Crippen LogP contribution in [0.15, 0.2) is 24.3 Å². The van der Waals surface area contributed by atoms with E-state index in [2.05, 4.69) is 31.3 Å². The first-order valence-corrected chi connectivity index (χ1v) is 44.6. The highest BCUT2D eigenvalue weighted by Gasteiger charge is 2.18. The number of carbonyl (C=O) groups excluding carboxylic acids is 2. The molecule has 2 atom stereocenters. The van der Waals surface area contributed by atoms with E-state index in [-0.39, 0.29) is 18.5 Å². The third kappa shape index (κ3) is 81.3. The first-order valence-electron chi connectivity index (χ1n) is 44.6. The first kappa shape index (κ1) is 94.3. The van der Waals surface area contributed by atoms with Crippen molar-refractivity contribution in [1.29, 1.82) is 0 Å². The van der Waals surface area contributed by atoms with Crippen molar-refractivity contribution < 1.29 is 24.5 Å². The van der Waals surface area contributed by atoms with E-state index >= 15 is 0 Å². The molecular formula is C90H175NO5. The molecule has 0 spiro atoms. The number of allylic oxidation sites excluding steroid dienone is 3. The Balaban J connectivity index is 3.32. The summed E-state index contributed by atoms with van der Waals surface area (Å²) in [7, 11) is 0. The highest BCUT2D eigenvalue weighted by atomic mass is 16.5. The minimum Gasteiger partial charge on any atom is -0.466 e. The van der Waals surface area contributed by atoms with Gasteiger partial charge in [-0.05, 0) is 57.8 Å². The lowest BCUT2D eigenvalue weighted by Gasteiger charge is -2.20. The summed E-state index contributed by atoms with van der Waals surface area (Å²) in [6.45, 7) is 4.96. The van der Waals surface area contributed by atoms with Gasteiger partial charge in [0.1, 0.15) is 0 Å². The fourth-order valence-electron chi connectivity index (χ4n) is 14.5. The maximum atomic E-state index is 12.6. The van der Waals surface area contributed by atoms with E-state index in [1.807, 2.05) is 6.08 Å². The Kier molecular flexibility index (Phi) is 84.3. The number of carbonyl (C=O) groups is 2. The third-order valence-corrected chi connectivity index (χ3v) is 21.2. The second-order valence-electron chi connectivity index (χ2n) is 30.9. The van der Waals surface area contributed by atoms with Crippen molar-refractivity contribution in [1.82, 2.24) is 5.32 Å². The van der Waals surface area contributed by atoms with E-state index in [1.165, 1.54) is 443 Å². The van der Waals surface area contributed by atoms with Gasteiger partial charge in [-0.1, -0.05) is 468 Å². The molecule has 0 aliphatic heterocycles. The number of amides is 1. The van der Waals surface area contributed by atoms with Gasteiger partial charge in [-0.25, -0.2) is 0 Å². The molecule has 0 aliphatic carbocycles. The molecule has 0 saturated heterocycles. The van der Waals surface area contributed by atoms with Gasteiger partial charge in [0.2, 0.25) is 5.91 Å². The Morgan fingerprint density at radius 2 is 0.490 bits per heavy atom. The molecule has 0 rings (SSSR count). The van der Waals surface area contributed by atoms with Crippen molar-refractivity contribution in [2.45, 2.75) is 527 Å². The molecule has 0 radical (unpaired) electrons. The molecule has 0 bridgehead atoms. The van der Waals surface area contributed by atoms with E-state index in [0.29, 0.717) is 19.4 Å². The van der Waals surface area contributed by atoms with Crippen LogP contribution >= 0.6 is 0 Å². The van der Waals surface area contributed by atoms with Crippen LogP contribution in [0.25, 0.3) is 0 Å². The summed E-state index contributed by atoms with van der Waals surface area (Å²) < 4.78 is 5.50. The molecule has 570 valence electrons. The zero-order chi connectivity index (χ0) is 69.1. The van der Waals surface area contributed by atoms with Gasteiger partial charge < -0.3 is 20.3 Å². The van der Waals surface area contributed by atoms with E-state index in [1.54, 1.807) is 6.08 Å². The Labute approximate surface area is 602 Å². The Morgan fingerprint density at radius 1 is 0.281 bits per heavy atom. The SMILES string of the molecule is CCCCCCCC/C=C\CCCCCCCC(=O)OCCCCCCCCCCCCCCCCCCCCCCCCCCCCCCCCCCCCCCCCCC(=O)NC(CO)C(O)/C=C/CCCCCCCCCCCCCCCCCCCCCCCCC. The lowest BCUT2D eigenvalue weighted by atomic mass is 10.0. The number of aliphatic hydroxyl groups excluding tert-OH is 2. The fraction of sp³-hybridized carbons (Fsp3) is 0.933. The summed E-state index contributed by atoms with van der Waals surface area (Å²) >= 11 is 0. The van der Waals surface area contributed by atoms with Crippen LogP contribution in [0.3, 0.4) is 0 Å². The van der Waals surface area contributed by atoms with Gasteiger partial charge in [0.25, 0.3) is 0 Å². The highest BCUT2D eigenvalue weighted by Crippen LogP contribution is 2.21. The lowest BCUT2D eigenvalue weighted by Crippen LogP contribution is -2.45. The quantitative estimate of drug-likeness (QED) is 0.0320. The number of hydrogen-bond acceptors (Lipinski definition) is 5. The molecular weight excluding hydrogens is 1170 g/mol. The average molecular weight is 1350 g/mol. The van der Waals surface area contributed by atoms with Gasteiger partial charge in [-0.2, -0.15) is 0 Å². The predicted molar refractivity (Wildman–Crippen MR) is 426 cm³/mol. The second kappa shape index (κ2) is 85.8. The van der Waals surface area contributed by atoms with Gasteiger partial charge >= 0.3 is 5.97 Å². The lowest BCUT2D eigenvalue weighted by molar-refractivity contribution is -0.143. The van der Waals surface area contributed by atoms with E-state index in [0.717, 1.165) is 44.9 Å². The van der Waals surface area contributed by atoms with Crippen LogP contribution in [0.5, 0.6) is 0 Å². The van der Waals surface area contributed by atoms with Crippen LogP contribution in [0.2, 0.25) is 0 Å². The molecule has 0 aromatic heterocycles. The number of esters is 1. The summed E-state index contributed by atoms with van der Waals surface area (Å²) in [6, 6.07) is -0.625. The number of hydrogen-bond donors (Lipinski definition) is 3. The molecule has 96 heavy (non-hydrogen) atoms. The molecule has 0 heterocycles. The molecule has 0 aromatic rings. The Bertz CT molecular complexity index is 1510. The van der Waals surface area contributed by atoms with Crippen LogP contribution in [0.4, 0.5) is 0 Å². The van der Waals surface area contributed by atoms with E-state index < -0.39 is 12.1 Å². The molecule has 6 nitrogen and oxygen atoms in total. The van der Waals surface area contributed by atoms with Crippen molar-refractivity contribution in [3.05, 3.63) is 24.3 Å². The van der Waals surface area contributed by atoms with E-state index in [4.69, 9.17) is 4.74 Å². The van der Waals surface area contributed by atoms with Crippen molar-refractivity contribution in [3.8, 4) is 0 Å². The monoisotopic (exact) mass is 1350 g/mol. The van der Waals surface area contributed by atoms with Gasteiger partial charge in [0.15, 0.2) is 0 Å². The Morgan fingerprint density at radius 3 is 0.740 bits per heavy atom. The summed E-state index contributed by atoms with van der Waals surface area (Å²) in [5, 5.41) is 23.4. The van der Waals surface area contributed by atoms with Crippen molar-refractivity contribution in [3.63, 3.8) is 0 Å². The molecule has 0 aromatic carbocycles. The van der Waals surface area contributed by atoms with Crippen LogP contribution in [0, 0.1) is 0 Å². The topological polar surface area (TPSA) is 95.9 Å². The van der Waals surface area contributed by atoms with Gasteiger partial charge in [0, 0.05) is 12.8 Å². The van der Waals surface area contributed by atoms with Crippen LogP contribution in [0.1, 0.15) is 515 Å². The maximum Gasteiger partial charge on any atom is 0.305 e. The molecule has 6 heteroatoms. The van der Waals surface area contributed by atoms with Crippen molar-refractivity contribution in [2.24, 2.45) is 0 Å². The standard InChI is InChI=1S/C90H175NO5/c1-3-5-7-9-11-13-15-17-19-20-21-22-23-39-42-45-48-51-55-58-62-66-70-74-78-82-88(93)87(86-92)91-89(94)83-79-75-71-67-63-59-56-52-49-46-43-40-37-35-33-31-29-27-25-24-26-28-30-32-34-36-38-41-44-47-50-53-57-61-65-69-73-77-81-85-96-90(95)84-80-76-72-68-64-60-54-18-16-14-12-10-8-6-4-2/h18,54,78,82,87-88,92-93H,3-17,19-53,55-77,79-81,83-86H2,1-2H3,(H,91,94)/b54-18-,82-78+. The number of ether oxygens (including phenoxy) is 1. The van der Waals surface area contributed by atoms with Crippen LogP contribution in [-0.2, 0) is 14.3 Å². The van der Waals surface area contributed by atoms with Crippen molar-refractivity contribution >= 4 is 11.9 Å². The molecule has 0 aliphatic rings. The predicted octanol–water partition coefficient (Wildman–Crippen LogP) is 29.9. The largest absolute Gasteiger partial charge is 0.466 e. The molecule has 1 amide bonds. The van der Waals surface area contributed by atoms with Crippen molar-refractivity contribution in [2.75, 3.05) is 13.2 Å². The summed E-state index contributed by atoms with van der Waals surface area (Å²) in [4.78, 5) is 24.7. The normalized spacial score (nSPS) is 12.5. The van der Waals surface area contributed by atoms with E-state index in [9.17, 15) is 19.8 Å². The van der Waals surface area contributed by atoms with Crippen LogP contribution in [-0.4, -0.2) is 47.4 Å². The summed E-state index contributed by atoms with van der Waals surface area (Å²) in [5.41, 5.74) is 0. The first-order chi connectivity index (χ1) is 47.5. The number of unbranched alkanes of at least 4 members (excludes halogenated alkanes) is 72. The van der Waals surface area contributed by atoms with Gasteiger partial charge in [0.05, 0.1) is 25.4 Å². The number of nitrogens with one attached hydrogen (secondary N) is 1. The van der Waals surface area contributed by atoms with Gasteiger partial charge in [-0.3, -0.25) is 9.59 Å². The average Bonchev–Trinajstić information content (AvgIpc) is 2.50. The molecule has 3 N–H and O–H groups in total.